The lowest BCUT2D eigenvalue weighted by Crippen LogP contribution is -2.43. The molecule has 20 heavy (non-hydrogen) atoms. The van der Waals surface area contributed by atoms with E-state index in [4.69, 9.17) is 4.74 Å². The van der Waals surface area contributed by atoms with E-state index in [1.165, 1.54) is 18.4 Å². The quantitative estimate of drug-likeness (QED) is 0.788. The first-order valence-corrected chi connectivity index (χ1v) is 7.56. The van der Waals surface area contributed by atoms with E-state index >= 15 is 0 Å². The van der Waals surface area contributed by atoms with Crippen LogP contribution in [0.4, 0.5) is 0 Å². The maximum absolute atomic E-state index is 9.29. The molecule has 0 aliphatic heterocycles. The number of hydrogen-bond donors (Lipinski definition) is 1. The minimum Gasteiger partial charge on any atom is -0.493 e. The lowest BCUT2D eigenvalue weighted by atomic mass is 10.0. The largest absolute Gasteiger partial charge is 0.493 e. The van der Waals surface area contributed by atoms with Gasteiger partial charge in [0, 0.05) is 12.5 Å². The number of aryl methyl sites for hydroxylation is 1. The molecule has 0 saturated heterocycles. The first-order valence-electron chi connectivity index (χ1n) is 7.56. The molecule has 108 valence electrons. The van der Waals surface area contributed by atoms with Gasteiger partial charge in [0.2, 0.25) is 0 Å². The maximum atomic E-state index is 9.29. The molecule has 3 nitrogen and oxygen atoms in total. The molecule has 1 saturated carbocycles. The van der Waals surface area contributed by atoms with Gasteiger partial charge >= 0.3 is 0 Å². The summed E-state index contributed by atoms with van der Waals surface area (Å²) in [6.07, 6.45) is 5.36. The number of benzene rings is 1. The van der Waals surface area contributed by atoms with Gasteiger partial charge in [-0.05, 0) is 43.9 Å². The van der Waals surface area contributed by atoms with E-state index < -0.39 is 5.54 Å². The Bertz CT molecular complexity index is 459. The van der Waals surface area contributed by atoms with E-state index in [0.29, 0.717) is 19.1 Å². The predicted molar refractivity (Wildman–Crippen MR) is 80.7 cm³/mol. The molecule has 1 atom stereocenters. The zero-order valence-corrected chi connectivity index (χ0v) is 12.5. The molecule has 1 aromatic carbocycles. The number of nitrogens with zero attached hydrogens (tertiary/aromatic N) is 1. The first kappa shape index (κ1) is 14.9. The molecule has 1 aliphatic carbocycles. The number of rotatable bonds is 8. The monoisotopic (exact) mass is 272 g/mol. The zero-order chi connectivity index (χ0) is 14.4. The van der Waals surface area contributed by atoms with Crippen LogP contribution in [0.2, 0.25) is 0 Å². The van der Waals surface area contributed by atoms with Gasteiger partial charge in [-0.2, -0.15) is 5.26 Å². The Morgan fingerprint density at radius 3 is 2.60 bits per heavy atom. The van der Waals surface area contributed by atoms with Crippen LogP contribution in [0.3, 0.4) is 0 Å². The lowest BCUT2D eigenvalue weighted by Gasteiger charge is -2.23. The van der Waals surface area contributed by atoms with Crippen molar-refractivity contribution < 1.29 is 4.74 Å². The highest BCUT2D eigenvalue weighted by molar-refractivity contribution is 5.27. The van der Waals surface area contributed by atoms with Crippen molar-refractivity contribution in [2.45, 2.75) is 57.5 Å². The average molecular weight is 272 g/mol. The summed E-state index contributed by atoms with van der Waals surface area (Å²) < 4.78 is 5.75. The van der Waals surface area contributed by atoms with Gasteiger partial charge in [0.25, 0.3) is 0 Å². The van der Waals surface area contributed by atoms with Crippen LogP contribution in [0.5, 0.6) is 5.75 Å². The topological polar surface area (TPSA) is 45.0 Å². The first-order chi connectivity index (χ1) is 9.65. The van der Waals surface area contributed by atoms with E-state index in [0.717, 1.165) is 18.6 Å². The normalized spacial score (nSPS) is 17.2. The van der Waals surface area contributed by atoms with E-state index in [1.807, 2.05) is 19.1 Å². The fraction of sp³-hybridized carbons (Fsp3) is 0.588. The Morgan fingerprint density at radius 2 is 2.05 bits per heavy atom. The molecule has 0 heterocycles. The van der Waals surface area contributed by atoms with Crippen LogP contribution in [0, 0.1) is 11.3 Å². The summed E-state index contributed by atoms with van der Waals surface area (Å²) in [5.41, 5.74) is 0.876. The van der Waals surface area contributed by atoms with Crippen LogP contribution >= 0.6 is 0 Å². The van der Waals surface area contributed by atoms with Crippen molar-refractivity contribution >= 4 is 0 Å². The second-order valence-electron chi connectivity index (χ2n) is 5.85. The summed E-state index contributed by atoms with van der Waals surface area (Å²) in [6.45, 7) is 4.70. The molecule has 1 aliphatic rings. The van der Waals surface area contributed by atoms with Gasteiger partial charge in [-0.25, -0.2) is 0 Å². The molecule has 0 radical (unpaired) electrons. The Labute approximate surface area is 121 Å². The van der Waals surface area contributed by atoms with Crippen molar-refractivity contribution in [1.29, 1.82) is 5.26 Å². The summed E-state index contributed by atoms with van der Waals surface area (Å²) in [4.78, 5) is 0. The smallest absolute Gasteiger partial charge is 0.119 e. The van der Waals surface area contributed by atoms with Gasteiger partial charge in [-0.3, -0.25) is 5.32 Å². The Balaban J connectivity index is 1.77. The predicted octanol–water partition coefficient (Wildman–Crippen LogP) is 3.44. The Hall–Kier alpha value is -1.53. The molecule has 0 aromatic heterocycles. The van der Waals surface area contributed by atoms with E-state index in [9.17, 15) is 5.26 Å². The van der Waals surface area contributed by atoms with Gasteiger partial charge in [-0.1, -0.05) is 25.5 Å². The number of hydrogen-bond acceptors (Lipinski definition) is 3. The van der Waals surface area contributed by atoms with Gasteiger partial charge in [0.05, 0.1) is 12.7 Å². The summed E-state index contributed by atoms with van der Waals surface area (Å²) in [6, 6.07) is 11.2. The van der Waals surface area contributed by atoms with Crippen molar-refractivity contribution in [1.82, 2.24) is 5.32 Å². The molecule has 1 aromatic rings. The van der Waals surface area contributed by atoms with Crippen molar-refractivity contribution in [2.75, 3.05) is 6.61 Å². The van der Waals surface area contributed by atoms with Crippen LogP contribution < -0.4 is 10.1 Å². The highest BCUT2D eigenvalue weighted by atomic mass is 16.5. The van der Waals surface area contributed by atoms with Crippen LogP contribution in [0.25, 0.3) is 0 Å². The van der Waals surface area contributed by atoms with Gasteiger partial charge < -0.3 is 4.74 Å². The summed E-state index contributed by atoms with van der Waals surface area (Å²) in [5, 5.41) is 12.7. The second kappa shape index (κ2) is 6.76. The van der Waals surface area contributed by atoms with Crippen LogP contribution in [0.15, 0.2) is 24.3 Å². The molecular weight excluding hydrogens is 248 g/mol. The SMILES string of the molecule is CCCc1ccc(OCCC(C)(C#N)NC2CC2)cc1. The fourth-order valence-electron chi connectivity index (χ4n) is 2.25. The molecule has 2 rings (SSSR count). The lowest BCUT2D eigenvalue weighted by molar-refractivity contribution is 0.266. The van der Waals surface area contributed by atoms with E-state index in [2.05, 4.69) is 30.4 Å². The van der Waals surface area contributed by atoms with Crippen molar-refractivity contribution in [3.05, 3.63) is 29.8 Å². The van der Waals surface area contributed by atoms with Crippen molar-refractivity contribution in [3.8, 4) is 11.8 Å². The van der Waals surface area contributed by atoms with E-state index in [-0.39, 0.29) is 0 Å². The third-order valence-corrected chi connectivity index (χ3v) is 3.68. The Morgan fingerprint density at radius 1 is 1.35 bits per heavy atom. The van der Waals surface area contributed by atoms with Crippen LogP contribution in [-0.4, -0.2) is 18.2 Å². The highest BCUT2D eigenvalue weighted by Crippen LogP contribution is 2.24. The van der Waals surface area contributed by atoms with Crippen LogP contribution in [0.1, 0.15) is 45.1 Å². The number of nitrogens with one attached hydrogen (secondary N) is 1. The number of nitriles is 1. The molecule has 0 bridgehead atoms. The third kappa shape index (κ3) is 4.54. The summed E-state index contributed by atoms with van der Waals surface area (Å²) in [7, 11) is 0. The summed E-state index contributed by atoms with van der Waals surface area (Å²) in [5.74, 6) is 0.886. The fourth-order valence-corrected chi connectivity index (χ4v) is 2.25. The second-order valence-corrected chi connectivity index (χ2v) is 5.85. The van der Waals surface area contributed by atoms with Crippen molar-refractivity contribution in [2.24, 2.45) is 0 Å². The molecular formula is C17H24N2O. The minimum atomic E-state index is -0.469. The minimum absolute atomic E-state index is 0.469. The van der Waals surface area contributed by atoms with Gasteiger partial charge in [0.1, 0.15) is 11.3 Å². The average Bonchev–Trinajstić information content (AvgIpc) is 3.25. The van der Waals surface area contributed by atoms with Gasteiger partial charge in [0.15, 0.2) is 0 Å². The summed E-state index contributed by atoms with van der Waals surface area (Å²) >= 11 is 0. The molecule has 1 fully saturated rings. The third-order valence-electron chi connectivity index (χ3n) is 3.68. The number of ether oxygens (including phenoxy) is 1. The van der Waals surface area contributed by atoms with E-state index in [1.54, 1.807) is 0 Å². The molecule has 3 heteroatoms. The Kier molecular flexibility index (Phi) is 5.03. The molecule has 1 unspecified atom stereocenters. The standard InChI is InChI=1S/C17H24N2O/c1-3-4-14-5-9-16(10-6-14)20-12-11-17(2,13-18)19-15-7-8-15/h5-6,9-10,15,19H,3-4,7-8,11-12H2,1-2H3. The zero-order valence-electron chi connectivity index (χ0n) is 12.5. The maximum Gasteiger partial charge on any atom is 0.119 e. The van der Waals surface area contributed by atoms with Gasteiger partial charge in [-0.15, -0.1) is 0 Å². The molecule has 0 spiro atoms. The highest BCUT2D eigenvalue weighted by Gasteiger charge is 2.32. The van der Waals surface area contributed by atoms with Crippen LogP contribution in [-0.2, 0) is 6.42 Å². The molecule has 0 amide bonds. The molecule has 1 N–H and O–H groups in total. The van der Waals surface area contributed by atoms with Crippen molar-refractivity contribution in [3.63, 3.8) is 0 Å².